The van der Waals surface area contributed by atoms with E-state index >= 15 is 0 Å². The van der Waals surface area contributed by atoms with Crippen LogP contribution >= 0.6 is 0 Å². The van der Waals surface area contributed by atoms with Crippen LogP contribution in [0.15, 0.2) is 45.9 Å². The first kappa shape index (κ1) is 22.1. The minimum atomic E-state index is -3.65. The Morgan fingerprint density at radius 1 is 1.03 bits per heavy atom. The van der Waals surface area contributed by atoms with E-state index in [1.54, 1.807) is 12.1 Å². The fourth-order valence-electron chi connectivity index (χ4n) is 7.50. The van der Waals surface area contributed by atoms with Crippen LogP contribution in [0.1, 0.15) is 70.8 Å². The van der Waals surface area contributed by atoms with Gasteiger partial charge in [-0.25, -0.2) is 4.83 Å². The molecule has 0 bridgehead atoms. The highest BCUT2D eigenvalue weighted by atomic mass is 32.2. The Hall–Kier alpha value is -1.66. The quantitative estimate of drug-likeness (QED) is 0.499. The van der Waals surface area contributed by atoms with E-state index < -0.39 is 10.0 Å². The lowest BCUT2D eigenvalue weighted by Gasteiger charge is -2.57. The van der Waals surface area contributed by atoms with Crippen LogP contribution in [-0.2, 0) is 10.0 Å². The van der Waals surface area contributed by atoms with Crippen LogP contribution in [0.2, 0.25) is 0 Å². The molecule has 4 aliphatic rings. The number of benzene rings is 1. The largest absolute Gasteiger partial charge is 0.393 e. The molecule has 3 fully saturated rings. The van der Waals surface area contributed by atoms with Gasteiger partial charge in [0.2, 0.25) is 0 Å². The molecular formula is C26H36N2O3S. The molecule has 5 nitrogen and oxygen atoms in total. The lowest BCUT2D eigenvalue weighted by atomic mass is 9.48. The van der Waals surface area contributed by atoms with Crippen LogP contribution < -0.4 is 4.83 Å². The van der Waals surface area contributed by atoms with Crippen LogP contribution in [0, 0.1) is 35.5 Å². The Bertz CT molecular complexity index is 1060. The van der Waals surface area contributed by atoms with Gasteiger partial charge < -0.3 is 5.11 Å². The first-order valence-electron chi connectivity index (χ1n) is 12.2. The molecule has 0 saturated heterocycles. The molecular weight excluding hydrogens is 420 g/mol. The topological polar surface area (TPSA) is 78.8 Å². The van der Waals surface area contributed by atoms with E-state index in [-0.39, 0.29) is 21.8 Å². The van der Waals surface area contributed by atoms with Crippen molar-refractivity contribution < 1.29 is 13.5 Å². The lowest BCUT2D eigenvalue weighted by Crippen LogP contribution is -2.50. The average Bonchev–Trinajstić information content (AvgIpc) is 3.09. The smallest absolute Gasteiger partial charge is 0.276 e. The average molecular weight is 457 g/mol. The van der Waals surface area contributed by atoms with Gasteiger partial charge in [-0.15, -0.1) is 0 Å². The molecule has 0 amide bonds. The van der Waals surface area contributed by atoms with Crippen molar-refractivity contribution in [3.8, 4) is 0 Å². The van der Waals surface area contributed by atoms with Gasteiger partial charge in [-0.1, -0.05) is 43.2 Å². The summed E-state index contributed by atoms with van der Waals surface area (Å²) < 4.78 is 25.5. The van der Waals surface area contributed by atoms with Gasteiger partial charge in [0.1, 0.15) is 0 Å². The Kier molecular flexibility index (Phi) is 5.33. The number of fused-ring (bicyclic) bond motifs is 5. The molecule has 32 heavy (non-hydrogen) atoms. The highest BCUT2D eigenvalue weighted by Crippen LogP contribution is 2.64. The third-order valence-electron chi connectivity index (χ3n) is 9.45. The maximum Gasteiger partial charge on any atom is 0.276 e. The van der Waals surface area contributed by atoms with Crippen LogP contribution in [0.25, 0.3) is 0 Å². The summed E-state index contributed by atoms with van der Waals surface area (Å²) in [5.74, 6) is 1.83. The second-order valence-electron chi connectivity index (χ2n) is 11.1. The number of aliphatic hydroxyl groups excluding tert-OH is 1. The number of allylic oxidation sites excluding steroid dienone is 1. The van der Waals surface area contributed by atoms with Gasteiger partial charge in [-0.3, -0.25) is 0 Å². The number of sulfonamides is 1. The maximum absolute atomic E-state index is 12.8. The van der Waals surface area contributed by atoms with Crippen LogP contribution in [-0.4, -0.2) is 25.3 Å². The maximum atomic E-state index is 12.8. The van der Waals surface area contributed by atoms with Gasteiger partial charge in [0, 0.05) is 11.1 Å². The predicted molar refractivity (Wildman–Crippen MR) is 127 cm³/mol. The van der Waals surface area contributed by atoms with Gasteiger partial charge in [-0.2, -0.15) is 13.5 Å². The number of hydrogen-bond donors (Lipinski definition) is 2. The molecule has 0 radical (unpaired) electrons. The predicted octanol–water partition coefficient (Wildman–Crippen LogP) is 4.95. The SMILES string of the molecule is Cc1ccc(S(=O)(=O)N/N=C2\CCC3C4CC=C5CC(O)CCC5(C)C4CCC23C)cc1. The third kappa shape index (κ3) is 3.45. The molecule has 1 aromatic rings. The first-order chi connectivity index (χ1) is 15.1. The highest BCUT2D eigenvalue weighted by Gasteiger charge is 2.57. The second-order valence-corrected chi connectivity index (χ2v) is 12.8. The molecule has 6 atom stereocenters. The number of aryl methyl sites for hydroxylation is 1. The summed E-state index contributed by atoms with van der Waals surface area (Å²) >= 11 is 0. The highest BCUT2D eigenvalue weighted by molar-refractivity contribution is 7.89. The summed E-state index contributed by atoms with van der Waals surface area (Å²) in [5.41, 5.74) is 3.72. The molecule has 0 heterocycles. The van der Waals surface area contributed by atoms with E-state index in [0.29, 0.717) is 17.8 Å². The number of rotatable bonds is 3. The summed E-state index contributed by atoms with van der Waals surface area (Å²) in [6, 6.07) is 6.89. The molecule has 0 aromatic heterocycles. The molecule has 3 saturated carbocycles. The van der Waals surface area contributed by atoms with E-state index in [1.165, 1.54) is 5.57 Å². The Morgan fingerprint density at radius 3 is 2.47 bits per heavy atom. The summed E-state index contributed by atoms with van der Waals surface area (Å²) in [6.45, 7) is 6.69. The van der Waals surface area contributed by atoms with E-state index in [0.717, 1.165) is 62.6 Å². The van der Waals surface area contributed by atoms with Crippen molar-refractivity contribution in [3.05, 3.63) is 41.5 Å². The van der Waals surface area contributed by atoms with E-state index in [2.05, 4.69) is 29.9 Å². The van der Waals surface area contributed by atoms with Crippen molar-refractivity contribution >= 4 is 15.7 Å². The zero-order chi connectivity index (χ0) is 22.7. The fraction of sp³-hybridized carbons (Fsp3) is 0.654. The molecule has 6 heteroatoms. The standard InChI is InChI=1S/C26H36N2O3S/c1-17-4-7-20(8-5-17)32(30,31)28-27-24-11-10-22-21-9-6-18-16-19(29)12-14-25(18,2)23(21)13-15-26(22,24)3/h4-8,19,21-23,28-29H,9-16H2,1-3H3/b27-24+. The molecule has 1 aromatic carbocycles. The van der Waals surface area contributed by atoms with Crippen molar-refractivity contribution in [2.75, 3.05) is 0 Å². The van der Waals surface area contributed by atoms with Gasteiger partial charge in [0.05, 0.1) is 11.0 Å². The number of hydrogen-bond acceptors (Lipinski definition) is 4. The molecule has 4 aliphatic carbocycles. The van der Waals surface area contributed by atoms with Crippen LogP contribution in [0.5, 0.6) is 0 Å². The summed E-state index contributed by atoms with van der Waals surface area (Å²) in [4.78, 5) is 2.80. The normalized spacial score (nSPS) is 40.2. The molecule has 174 valence electrons. The van der Waals surface area contributed by atoms with Crippen molar-refractivity contribution in [2.24, 2.45) is 33.7 Å². The Labute approximate surface area is 192 Å². The van der Waals surface area contributed by atoms with Gasteiger partial charge >= 0.3 is 0 Å². The monoisotopic (exact) mass is 456 g/mol. The second kappa shape index (κ2) is 7.69. The Balaban J connectivity index is 1.38. The number of nitrogens with zero attached hydrogens (tertiary/aromatic N) is 1. The minimum absolute atomic E-state index is 0.0349. The van der Waals surface area contributed by atoms with Crippen LogP contribution in [0.3, 0.4) is 0 Å². The number of hydrazone groups is 1. The van der Waals surface area contributed by atoms with Gasteiger partial charge in [0.15, 0.2) is 0 Å². The third-order valence-corrected chi connectivity index (χ3v) is 10.7. The van der Waals surface area contributed by atoms with E-state index in [9.17, 15) is 13.5 Å². The first-order valence-corrected chi connectivity index (χ1v) is 13.6. The molecule has 0 spiro atoms. The minimum Gasteiger partial charge on any atom is -0.393 e. The zero-order valence-electron chi connectivity index (χ0n) is 19.5. The molecule has 2 N–H and O–H groups in total. The summed E-state index contributed by atoms with van der Waals surface area (Å²) in [6.07, 6.45) is 10.4. The van der Waals surface area contributed by atoms with Crippen LogP contribution in [0.4, 0.5) is 0 Å². The molecule has 0 aliphatic heterocycles. The van der Waals surface area contributed by atoms with E-state index in [1.807, 2.05) is 19.1 Å². The van der Waals surface area contributed by atoms with Gasteiger partial charge in [-0.05, 0) is 93.6 Å². The number of nitrogens with one attached hydrogen (secondary N) is 1. The van der Waals surface area contributed by atoms with E-state index in [4.69, 9.17) is 0 Å². The molecule has 5 rings (SSSR count). The van der Waals surface area contributed by atoms with Crippen molar-refractivity contribution in [1.29, 1.82) is 0 Å². The van der Waals surface area contributed by atoms with Crippen molar-refractivity contribution in [2.45, 2.75) is 83.1 Å². The Morgan fingerprint density at radius 2 is 1.72 bits per heavy atom. The van der Waals surface area contributed by atoms with Crippen molar-refractivity contribution in [3.63, 3.8) is 0 Å². The van der Waals surface area contributed by atoms with Gasteiger partial charge in [0.25, 0.3) is 10.0 Å². The summed E-state index contributed by atoms with van der Waals surface area (Å²) in [7, 11) is -3.65. The fourth-order valence-corrected chi connectivity index (χ4v) is 8.33. The summed E-state index contributed by atoms with van der Waals surface area (Å²) in [5, 5.41) is 14.7. The zero-order valence-corrected chi connectivity index (χ0v) is 20.3. The van der Waals surface area contributed by atoms with Crippen molar-refractivity contribution in [1.82, 2.24) is 4.83 Å². The molecule has 6 unspecified atom stereocenters. The number of aliphatic hydroxyl groups is 1. The lowest BCUT2D eigenvalue weighted by molar-refractivity contribution is -0.0209.